The van der Waals surface area contributed by atoms with Gasteiger partial charge in [0.25, 0.3) is 0 Å². The number of amides is 1. The average Bonchev–Trinajstić information content (AvgIpc) is 2.31. The maximum absolute atomic E-state index is 13.1. The van der Waals surface area contributed by atoms with Crippen LogP contribution in [0, 0.1) is 5.82 Å². The molecule has 0 bridgehead atoms. The third-order valence-corrected chi connectivity index (χ3v) is 2.50. The van der Waals surface area contributed by atoms with Crippen LogP contribution < -0.4 is 10.1 Å². The first-order chi connectivity index (χ1) is 8.10. The highest BCUT2D eigenvalue weighted by molar-refractivity contribution is 6.30. The Balaban J connectivity index is 2.28. The van der Waals surface area contributed by atoms with Crippen molar-refractivity contribution in [2.75, 3.05) is 13.7 Å². The van der Waals surface area contributed by atoms with Gasteiger partial charge < -0.3 is 9.47 Å². The summed E-state index contributed by atoms with van der Waals surface area (Å²) in [6.07, 6.45) is 1.07. The van der Waals surface area contributed by atoms with E-state index in [1.54, 1.807) is 6.08 Å². The predicted octanol–water partition coefficient (Wildman–Crippen LogP) is 2.57. The summed E-state index contributed by atoms with van der Waals surface area (Å²) in [7, 11) is 1.26. The van der Waals surface area contributed by atoms with Gasteiger partial charge in [-0.2, -0.15) is 0 Å². The Labute approximate surface area is 102 Å². The zero-order valence-electron chi connectivity index (χ0n) is 8.92. The third kappa shape index (κ3) is 2.50. The standard InChI is InChI=1S/C11H9ClFNO3/c1-16-11(15)14-7-2-6-3-8(12)9(13)4-10(6)17-5-7/h2-4H,5H2,1H3,(H,14,15). The van der Waals surface area contributed by atoms with Crippen LogP contribution in [0.4, 0.5) is 9.18 Å². The fraction of sp³-hybridized carbons (Fsp3) is 0.182. The van der Waals surface area contributed by atoms with Crippen molar-refractivity contribution in [1.82, 2.24) is 5.32 Å². The van der Waals surface area contributed by atoms with Crippen LogP contribution in [-0.2, 0) is 4.74 Å². The summed E-state index contributed by atoms with van der Waals surface area (Å²) in [6, 6.07) is 2.65. The van der Waals surface area contributed by atoms with Crippen LogP contribution >= 0.6 is 11.6 Å². The molecular formula is C11H9ClFNO3. The molecule has 0 unspecified atom stereocenters. The number of ether oxygens (including phenoxy) is 2. The minimum atomic E-state index is -0.587. The zero-order valence-corrected chi connectivity index (χ0v) is 9.68. The molecule has 1 N–H and O–H groups in total. The molecule has 2 rings (SSSR count). The topological polar surface area (TPSA) is 47.6 Å². The zero-order chi connectivity index (χ0) is 12.4. The van der Waals surface area contributed by atoms with Crippen molar-refractivity contribution in [3.63, 3.8) is 0 Å². The van der Waals surface area contributed by atoms with E-state index in [1.807, 2.05) is 0 Å². The molecule has 1 aliphatic heterocycles. The Hall–Kier alpha value is -1.75. The molecule has 6 heteroatoms. The maximum Gasteiger partial charge on any atom is 0.411 e. The van der Waals surface area contributed by atoms with Crippen molar-refractivity contribution >= 4 is 23.8 Å². The maximum atomic E-state index is 13.1. The molecule has 0 saturated carbocycles. The summed E-state index contributed by atoms with van der Waals surface area (Å²) < 4.78 is 22.9. The molecule has 1 aromatic rings. The summed E-state index contributed by atoms with van der Waals surface area (Å²) in [5.41, 5.74) is 1.13. The van der Waals surface area contributed by atoms with E-state index in [9.17, 15) is 9.18 Å². The van der Waals surface area contributed by atoms with Gasteiger partial charge in [0.2, 0.25) is 0 Å². The molecule has 0 fully saturated rings. The number of carbonyl (C=O) groups excluding carboxylic acids is 1. The second kappa shape index (κ2) is 4.63. The Bertz CT molecular complexity index is 502. The first-order valence-electron chi connectivity index (χ1n) is 4.77. The van der Waals surface area contributed by atoms with Crippen LogP contribution in [-0.4, -0.2) is 19.8 Å². The first-order valence-corrected chi connectivity index (χ1v) is 5.15. The average molecular weight is 258 g/mol. The van der Waals surface area contributed by atoms with Crippen molar-refractivity contribution in [1.29, 1.82) is 0 Å². The Morgan fingerprint density at radius 3 is 3.06 bits per heavy atom. The Morgan fingerprint density at radius 2 is 2.35 bits per heavy atom. The molecule has 90 valence electrons. The van der Waals surface area contributed by atoms with E-state index in [4.69, 9.17) is 16.3 Å². The lowest BCUT2D eigenvalue weighted by atomic mass is 10.1. The molecule has 0 aromatic heterocycles. The van der Waals surface area contributed by atoms with Gasteiger partial charge in [0.05, 0.1) is 17.8 Å². The van der Waals surface area contributed by atoms with Crippen molar-refractivity contribution in [2.45, 2.75) is 0 Å². The van der Waals surface area contributed by atoms with Crippen LogP contribution in [0.15, 0.2) is 17.8 Å². The molecule has 4 nitrogen and oxygen atoms in total. The number of fused-ring (bicyclic) bond motifs is 1. The molecule has 0 atom stereocenters. The van der Waals surface area contributed by atoms with Crippen molar-refractivity contribution in [2.24, 2.45) is 0 Å². The second-order valence-corrected chi connectivity index (χ2v) is 3.79. The second-order valence-electron chi connectivity index (χ2n) is 3.38. The monoisotopic (exact) mass is 257 g/mol. The molecule has 1 heterocycles. The summed E-state index contributed by atoms with van der Waals surface area (Å²) in [6.45, 7) is 0.142. The number of rotatable bonds is 1. The van der Waals surface area contributed by atoms with Gasteiger partial charge in [0.15, 0.2) is 0 Å². The van der Waals surface area contributed by atoms with Crippen molar-refractivity contribution < 1.29 is 18.7 Å². The third-order valence-electron chi connectivity index (χ3n) is 2.21. The molecule has 0 spiro atoms. The van der Waals surface area contributed by atoms with Crippen LogP contribution in [0.3, 0.4) is 0 Å². The summed E-state index contributed by atoms with van der Waals surface area (Å²) in [4.78, 5) is 11.0. The number of nitrogens with one attached hydrogen (secondary N) is 1. The first kappa shape index (κ1) is 11.7. The summed E-state index contributed by atoms with van der Waals surface area (Å²) in [5, 5.41) is 2.48. The number of halogens is 2. The largest absolute Gasteiger partial charge is 0.487 e. The van der Waals surface area contributed by atoms with E-state index in [-0.39, 0.29) is 11.6 Å². The smallest absolute Gasteiger partial charge is 0.411 e. The van der Waals surface area contributed by atoms with Gasteiger partial charge in [-0.3, -0.25) is 5.32 Å². The van der Waals surface area contributed by atoms with E-state index >= 15 is 0 Å². The van der Waals surface area contributed by atoms with Gasteiger partial charge in [-0.05, 0) is 12.1 Å². The van der Waals surface area contributed by atoms with Gasteiger partial charge in [-0.15, -0.1) is 0 Å². The normalized spacial score (nSPS) is 13.2. The van der Waals surface area contributed by atoms with Crippen molar-refractivity contribution in [3.05, 3.63) is 34.2 Å². The van der Waals surface area contributed by atoms with Crippen LogP contribution in [0.2, 0.25) is 5.02 Å². The number of hydrogen-bond acceptors (Lipinski definition) is 3. The van der Waals surface area contributed by atoms with E-state index in [0.29, 0.717) is 17.0 Å². The molecule has 1 aliphatic rings. The molecule has 1 aromatic carbocycles. The van der Waals surface area contributed by atoms with Crippen LogP contribution in [0.25, 0.3) is 6.08 Å². The quantitative estimate of drug-likeness (QED) is 0.841. The summed E-state index contributed by atoms with van der Waals surface area (Å²) >= 11 is 5.65. The lowest BCUT2D eigenvalue weighted by Crippen LogP contribution is -2.27. The van der Waals surface area contributed by atoms with E-state index in [1.165, 1.54) is 19.2 Å². The number of hydrogen-bond donors (Lipinski definition) is 1. The highest BCUT2D eigenvalue weighted by atomic mass is 35.5. The Morgan fingerprint density at radius 1 is 1.59 bits per heavy atom. The fourth-order valence-electron chi connectivity index (χ4n) is 1.42. The molecule has 1 amide bonds. The van der Waals surface area contributed by atoms with Crippen molar-refractivity contribution in [3.8, 4) is 5.75 Å². The van der Waals surface area contributed by atoms with E-state index in [0.717, 1.165) is 0 Å². The van der Waals surface area contributed by atoms with Gasteiger partial charge in [-0.25, -0.2) is 9.18 Å². The number of benzene rings is 1. The molecule has 0 radical (unpaired) electrons. The molecule has 0 saturated heterocycles. The molecule has 0 aliphatic carbocycles. The van der Waals surface area contributed by atoms with E-state index in [2.05, 4.69) is 10.1 Å². The number of methoxy groups -OCH3 is 1. The Kier molecular flexibility index (Phi) is 3.19. The van der Waals surface area contributed by atoms with Gasteiger partial charge >= 0.3 is 6.09 Å². The lowest BCUT2D eigenvalue weighted by Gasteiger charge is -2.18. The minimum absolute atomic E-state index is 0.00270. The number of carbonyl (C=O) groups is 1. The van der Waals surface area contributed by atoms with Gasteiger partial charge in [0, 0.05) is 11.6 Å². The summed E-state index contributed by atoms with van der Waals surface area (Å²) in [5.74, 6) is -0.148. The highest BCUT2D eigenvalue weighted by Crippen LogP contribution is 2.30. The minimum Gasteiger partial charge on any atom is -0.487 e. The van der Waals surface area contributed by atoms with E-state index < -0.39 is 11.9 Å². The van der Waals surface area contributed by atoms with Gasteiger partial charge in [0.1, 0.15) is 18.2 Å². The molecule has 17 heavy (non-hydrogen) atoms. The SMILES string of the molecule is COC(=O)NC1=Cc2cc(Cl)c(F)cc2OC1. The highest BCUT2D eigenvalue weighted by Gasteiger charge is 2.16. The fourth-order valence-corrected chi connectivity index (χ4v) is 1.59. The molecular weight excluding hydrogens is 249 g/mol. The van der Waals surface area contributed by atoms with Crippen LogP contribution in [0.1, 0.15) is 5.56 Å². The van der Waals surface area contributed by atoms with Gasteiger partial charge in [-0.1, -0.05) is 11.6 Å². The number of alkyl carbamates (subject to hydrolysis) is 1. The predicted molar refractivity (Wildman–Crippen MR) is 60.4 cm³/mol. The van der Waals surface area contributed by atoms with Crippen LogP contribution in [0.5, 0.6) is 5.75 Å². The lowest BCUT2D eigenvalue weighted by molar-refractivity contribution is 0.172.